The summed E-state index contributed by atoms with van der Waals surface area (Å²) in [4.78, 5) is 18.5. The fourth-order valence-corrected chi connectivity index (χ4v) is 1.91. The topological polar surface area (TPSA) is 89.1 Å². The first-order valence-corrected chi connectivity index (χ1v) is 4.23. The fraction of sp³-hybridized carbons (Fsp3) is 0. The van der Waals surface area contributed by atoms with E-state index in [1.165, 1.54) is 6.33 Å². The maximum absolute atomic E-state index is 10.7. The Labute approximate surface area is 76.9 Å². The molecule has 0 aromatic carbocycles. The zero-order chi connectivity index (χ0) is 9.42. The molecule has 0 amide bonds. The molecule has 13 heavy (non-hydrogen) atoms. The van der Waals surface area contributed by atoms with Gasteiger partial charge in [-0.05, 0) is 0 Å². The van der Waals surface area contributed by atoms with Crippen LogP contribution in [0, 0.1) is 0 Å². The number of carboxylic acids is 1. The Morgan fingerprint density at radius 2 is 2.38 bits per heavy atom. The maximum atomic E-state index is 10.7. The molecule has 0 aliphatic rings. The predicted octanol–water partition coefficient (Wildman–Crippen LogP) is 0.972. The smallest absolute Gasteiger partial charge is 0.348 e. The van der Waals surface area contributed by atoms with Gasteiger partial charge in [0, 0.05) is 6.20 Å². The second-order valence-corrected chi connectivity index (χ2v) is 3.44. The van der Waals surface area contributed by atoms with E-state index in [1.54, 1.807) is 6.20 Å². The van der Waals surface area contributed by atoms with Crippen LogP contribution in [0.25, 0.3) is 10.2 Å². The number of aromatic carboxylic acids is 1. The Kier molecular flexibility index (Phi) is 1.63. The molecule has 0 aliphatic heterocycles. The van der Waals surface area contributed by atoms with Crippen LogP contribution >= 0.6 is 11.3 Å². The Hall–Kier alpha value is -1.69. The number of hydrogen-bond donors (Lipinski definition) is 2. The molecule has 0 spiro atoms. The van der Waals surface area contributed by atoms with Gasteiger partial charge in [-0.15, -0.1) is 11.3 Å². The molecule has 0 aliphatic carbocycles. The van der Waals surface area contributed by atoms with Crippen LogP contribution in [0.15, 0.2) is 12.5 Å². The van der Waals surface area contributed by atoms with Crippen LogP contribution in [0.2, 0.25) is 0 Å². The highest BCUT2D eigenvalue weighted by Crippen LogP contribution is 2.30. The predicted molar refractivity (Wildman–Crippen MR) is 48.8 cm³/mol. The van der Waals surface area contributed by atoms with E-state index in [-0.39, 0.29) is 10.6 Å². The minimum atomic E-state index is -1.03. The number of anilines is 1. The van der Waals surface area contributed by atoms with Crippen LogP contribution in [-0.2, 0) is 0 Å². The molecule has 0 bridgehead atoms. The summed E-state index contributed by atoms with van der Waals surface area (Å²) in [6.07, 6.45) is 2.90. The fourth-order valence-electron chi connectivity index (χ4n) is 1.03. The third kappa shape index (κ3) is 1.11. The number of aromatic nitrogens is 2. The van der Waals surface area contributed by atoms with Crippen molar-refractivity contribution >= 4 is 33.2 Å². The quantitative estimate of drug-likeness (QED) is 0.707. The lowest BCUT2D eigenvalue weighted by Gasteiger charge is -1.89. The Morgan fingerprint density at radius 1 is 1.62 bits per heavy atom. The summed E-state index contributed by atoms with van der Waals surface area (Å²) in [5, 5.41) is 8.75. The first kappa shape index (κ1) is 7.93. The van der Waals surface area contributed by atoms with Gasteiger partial charge in [-0.3, -0.25) is 0 Å². The van der Waals surface area contributed by atoms with Gasteiger partial charge in [-0.2, -0.15) is 0 Å². The highest BCUT2D eigenvalue weighted by Gasteiger charge is 2.15. The monoisotopic (exact) mass is 195 g/mol. The minimum Gasteiger partial charge on any atom is -0.477 e. The van der Waals surface area contributed by atoms with Crippen LogP contribution < -0.4 is 5.73 Å². The van der Waals surface area contributed by atoms with E-state index in [0.29, 0.717) is 10.2 Å². The van der Waals surface area contributed by atoms with Crippen LogP contribution in [0.1, 0.15) is 9.67 Å². The molecule has 6 heteroatoms. The number of nitrogens with zero attached hydrogens (tertiary/aromatic N) is 2. The number of rotatable bonds is 1. The normalized spacial score (nSPS) is 10.5. The molecular formula is C7H5N3O2S. The lowest BCUT2D eigenvalue weighted by Crippen LogP contribution is -1.97. The van der Waals surface area contributed by atoms with Gasteiger partial charge in [0.15, 0.2) is 0 Å². The van der Waals surface area contributed by atoms with Crippen LogP contribution in [0.5, 0.6) is 0 Å². The summed E-state index contributed by atoms with van der Waals surface area (Å²) in [5.41, 5.74) is 6.31. The lowest BCUT2D eigenvalue weighted by atomic mass is 10.3. The lowest BCUT2D eigenvalue weighted by molar-refractivity contribution is 0.0703. The van der Waals surface area contributed by atoms with E-state index >= 15 is 0 Å². The van der Waals surface area contributed by atoms with E-state index in [4.69, 9.17) is 10.8 Å². The van der Waals surface area contributed by atoms with Gasteiger partial charge in [-0.1, -0.05) is 0 Å². The standard InChI is InChI=1S/C7H5N3O2S/c8-4-5-3(1-9-2-10-5)13-6(4)7(11)12/h1-2H,8H2,(H,11,12). The Bertz CT molecular complexity index is 480. The van der Waals surface area contributed by atoms with E-state index in [0.717, 1.165) is 11.3 Å². The van der Waals surface area contributed by atoms with Gasteiger partial charge in [0.2, 0.25) is 0 Å². The number of nitrogens with two attached hydrogens (primary N) is 1. The summed E-state index contributed by atoms with van der Waals surface area (Å²) in [5.74, 6) is -1.03. The second-order valence-electron chi connectivity index (χ2n) is 2.39. The van der Waals surface area contributed by atoms with Crippen molar-refractivity contribution in [2.24, 2.45) is 0 Å². The molecule has 2 aromatic heterocycles. The summed E-state index contributed by atoms with van der Waals surface area (Å²) in [6, 6.07) is 0. The first-order chi connectivity index (χ1) is 6.20. The van der Waals surface area contributed by atoms with Crippen molar-refractivity contribution < 1.29 is 9.90 Å². The molecule has 2 rings (SSSR count). The number of thiophene rings is 1. The zero-order valence-corrected chi connectivity index (χ0v) is 7.21. The molecule has 2 aromatic rings. The molecule has 2 heterocycles. The Balaban J connectivity index is 2.81. The van der Waals surface area contributed by atoms with Crippen LogP contribution in [0.4, 0.5) is 5.69 Å². The van der Waals surface area contributed by atoms with Gasteiger partial charge in [0.1, 0.15) is 16.7 Å². The summed E-state index contributed by atoms with van der Waals surface area (Å²) >= 11 is 1.08. The molecule has 3 N–H and O–H groups in total. The third-order valence-electron chi connectivity index (χ3n) is 1.58. The van der Waals surface area contributed by atoms with Crippen molar-refractivity contribution in [3.8, 4) is 0 Å². The summed E-state index contributed by atoms with van der Waals surface area (Å²) in [6.45, 7) is 0. The molecule has 0 fully saturated rings. The molecule has 0 radical (unpaired) electrons. The molecular weight excluding hydrogens is 190 g/mol. The van der Waals surface area contributed by atoms with Gasteiger partial charge < -0.3 is 10.8 Å². The largest absolute Gasteiger partial charge is 0.477 e. The molecule has 0 saturated carbocycles. The molecule has 0 saturated heterocycles. The van der Waals surface area contributed by atoms with Gasteiger partial charge in [0.05, 0.1) is 10.4 Å². The van der Waals surface area contributed by atoms with Gasteiger partial charge in [-0.25, -0.2) is 14.8 Å². The third-order valence-corrected chi connectivity index (χ3v) is 2.70. The van der Waals surface area contributed by atoms with Crippen LogP contribution in [-0.4, -0.2) is 21.0 Å². The number of carbonyl (C=O) groups is 1. The molecule has 5 nitrogen and oxygen atoms in total. The number of hydrogen-bond acceptors (Lipinski definition) is 5. The Morgan fingerprint density at radius 3 is 3.00 bits per heavy atom. The average Bonchev–Trinajstić information content (AvgIpc) is 2.45. The van der Waals surface area contributed by atoms with Crippen molar-refractivity contribution in [3.63, 3.8) is 0 Å². The van der Waals surface area contributed by atoms with Crippen LogP contribution in [0.3, 0.4) is 0 Å². The van der Waals surface area contributed by atoms with Gasteiger partial charge >= 0.3 is 5.97 Å². The number of fused-ring (bicyclic) bond motifs is 1. The van der Waals surface area contributed by atoms with Crippen molar-refractivity contribution in [2.45, 2.75) is 0 Å². The second kappa shape index (κ2) is 2.67. The molecule has 0 atom stereocenters. The van der Waals surface area contributed by atoms with Crippen molar-refractivity contribution in [3.05, 3.63) is 17.4 Å². The highest BCUT2D eigenvalue weighted by molar-refractivity contribution is 7.21. The van der Waals surface area contributed by atoms with E-state index in [9.17, 15) is 4.79 Å². The van der Waals surface area contributed by atoms with Gasteiger partial charge in [0.25, 0.3) is 0 Å². The first-order valence-electron chi connectivity index (χ1n) is 3.41. The number of nitrogen functional groups attached to an aromatic ring is 1. The SMILES string of the molecule is Nc1c(C(=O)O)sc2cncnc12. The zero-order valence-electron chi connectivity index (χ0n) is 6.39. The average molecular weight is 195 g/mol. The van der Waals surface area contributed by atoms with Crippen molar-refractivity contribution in [1.82, 2.24) is 9.97 Å². The number of carboxylic acid groups (broad SMARTS) is 1. The van der Waals surface area contributed by atoms with E-state index in [2.05, 4.69) is 9.97 Å². The minimum absolute atomic E-state index is 0.121. The summed E-state index contributed by atoms with van der Waals surface area (Å²) in [7, 11) is 0. The molecule has 66 valence electrons. The van der Waals surface area contributed by atoms with Crippen molar-refractivity contribution in [2.75, 3.05) is 5.73 Å². The maximum Gasteiger partial charge on any atom is 0.348 e. The highest BCUT2D eigenvalue weighted by atomic mass is 32.1. The van der Waals surface area contributed by atoms with E-state index in [1.807, 2.05) is 0 Å². The van der Waals surface area contributed by atoms with Crippen molar-refractivity contribution in [1.29, 1.82) is 0 Å². The summed E-state index contributed by atoms with van der Waals surface area (Å²) < 4.78 is 0.692. The van der Waals surface area contributed by atoms with E-state index < -0.39 is 5.97 Å². The molecule has 0 unspecified atom stereocenters.